The lowest BCUT2D eigenvalue weighted by atomic mass is 10.2. The Bertz CT molecular complexity index is 437. The van der Waals surface area contributed by atoms with Crippen LogP contribution < -0.4 is 5.32 Å². The fourth-order valence-corrected chi connectivity index (χ4v) is 2.23. The van der Waals surface area contributed by atoms with Gasteiger partial charge in [0.15, 0.2) is 5.76 Å². The van der Waals surface area contributed by atoms with Crippen molar-refractivity contribution in [3.8, 4) is 0 Å². The monoisotopic (exact) mass is 234 g/mol. The number of carbonyl (C=O) groups excluding carboxylic acids is 2. The molecule has 1 saturated heterocycles. The van der Waals surface area contributed by atoms with E-state index in [4.69, 9.17) is 4.42 Å². The van der Waals surface area contributed by atoms with Crippen molar-refractivity contribution < 1.29 is 14.0 Å². The van der Waals surface area contributed by atoms with Gasteiger partial charge in [0.05, 0.1) is 12.3 Å². The third kappa shape index (κ3) is 2.05. The molecule has 1 N–H and O–H groups in total. The first-order valence-corrected chi connectivity index (χ1v) is 5.88. The second-order valence-corrected chi connectivity index (χ2v) is 4.63. The summed E-state index contributed by atoms with van der Waals surface area (Å²) in [6.45, 7) is 0.635. The minimum absolute atomic E-state index is 0.0827. The molecule has 1 atom stereocenters. The van der Waals surface area contributed by atoms with Gasteiger partial charge in [0.2, 0.25) is 5.91 Å². The first kappa shape index (κ1) is 10.4. The maximum Gasteiger partial charge on any atom is 0.287 e. The van der Waals surface area contributed by atoms with Crippen LogP contribution in [0.3, 0.4) is 0 Å². The van der Waals surface area contributed by atoms with Gasteiger partial charge in [-0.15, -0.1) is 0 Å². The molecule has 17 heavy (non-hydrogen) atoms. The topological polar surface area (TPSA) is 62.6 Å². The summed E-state index contributed by atoms with van der Waals surface area (Å²) in [5, 5.41) is 2.83. The highest BCUT2D eigenvalue weighted by Crippen LogP contribution is 2.30. The lowest BCUT2D eigenvalue weighted by Gasteiger charge is -2.15. The molecule has 1 aliphatic carbocycles. The second kappa shape index (κ2) is 3.91. The molecule has 1 aromatic heterocycles. The summed E-state index contributed by atoms with van der Waals surface area (Å²) in [7, 11) is 0. The molecule has 90 valence electrons. The molecule has 2 amide bonds. The number of hydrogen-bond donors (Lipinski definition) is 1. The van der Waals surface area contributed by atoms with E-state index >= 15 is 0 Å². The van der Waals surface area contributed by atoms with E-state index in [0.29, 0.717) is 24.8 Å². The van der Waals surface area contributed by atoms with Gasteiger partial charge in [-0.25, -0.2) is 0 Å². The van der Waals surface area contributed by atoms with E-state index in [2.05, 4.69) is 5.32 Å². The average Bonchev–Trinajstić information content (AvgIpc) is 2.86. The third-order valence-corrected chi connectivity index (χ3v) is 3.23. The molecule has 0 bridgehead atoms. The number of carbonyl (C=O) groups is 2. The smallest absolute Gasteiger partial charge is 0.287 e. The van der Waals surface area contributed by atoms with Crippen molar-refractivity contribution in [1.29, 1.82) is 0 Å². The summed E-state index contributed by atoms with van der Waals surface area (Å²) >= 11 is 0. The fourth-order valence-electron chi connectivity index (χ4n) is 2.23. The van der Waals surface area contributed by atoms with Gasteiger partial charge in [0.25, 0.3) is 5.91 Å². The van der Waals surface area contributed by atoms with Gasteiger partial charge >= 0.3 is 0 Å². The molecule has 1 aliphatic heterocycles. The highest BCUT2D eigenvalue weighted by Gasteiger charge is 2.39. The Balaban J connectivity index is 1.60. The van der Waals surface area contributed by atoms with Crippen molar-refractivity contribution in [3.05, 3.63) is 24.2 Å². The molecule has 5 heteroatoms. The number of rotatable bonds is 3. The predicted molar refractivity (Wildman–Crippen MR) is 59.3 cm³/mol. The van der Waals surface area contributed by atoms with Crippen molar-refractivity contribution in [1.82, 2.24) is 10.2 Å². The highest BCUT2D eigenvalue weighted by atomic mass is 16.3. The maximum atomic E-state index is 11.7. The van der Waals surface area contributed by atoms with Gasteiger partial charge in [-0.3, -0.25) is 9.59 Å². The number of furan rings is 1. The van der Waals surface area contributed by atoms with Crippen molar-refractivity contribution in [3.63, 3.8) is 0 Å². The highest BCUT2D eigenvalue weighted by molar-refractivity contribution is 5.92. The summed E-state index contributed by atoms with van der Waals surface area (Å²) in [6.07, 6.45) is 4.07. The fraction of sp³-hybridized carbons (Fsp3) is 0.500. The van der Waals surface area contributed by atoms with Crippen LogP contribution in [-0.4, -0.2) is 35.3 Å². The first-order valence-electron chi connectivity index (χ1n) is 5.88. The minimum Gasteiger partial charge on any atom is -0.459 e. The lowest BCUT2D eigenvalue weighted by Crippen LogP contribution is -2.37. The Labute approximate surface area is 98.8 Å². The van der Waals surface area contributed by atoms with E-state index < -0.39 is 0 Å². The lowest BCUT2D eigenvalue weighted by molar-refractivity contribution is -0.128. The molecule has 2 fully saturated rings. The van der Waals surface area contributed by atoms with Crippen LogP contribution in [0.15, 0.2) is 22.8 Å². The van der Waals surface area contributed by atoms with Gasteiger partial charge in [-0.05, 0) is 25.0 Å². The molecular formula is C12H14N2O3. The molecule has 3 rings (SSSR count). The number of amides is 2. The van der Waals surface area contributed by atoms with Crippen molar-refractivity contribution in [2.75, 3.05) is 6.54 Å². The normalized spacial score (nSPS) is 24.1. The zero-order valence-corrected chi connectivity index (χ0v) is 9.39. The van der Waals surface area contributed by atoms with Crippen LogP contribution >= 0.6 is 0 Å². The van der Waals surface area contributed by atoms with Crippen LogP contribution in [-0.2, 0) is 4.79 Å². The molecule has 1 unspecified atom stereocenters. The van der Waals surface area contributed by atoms with Crippen molar-refractivity contribution in [2.45, 2.75) is 31.3 Å². The van der Waals surface area contributed by atoms with Gasteiger partial charge < -0.3 is 14.6 Å². The molecule has 2 aliphatic rings. The number of nitrogens with one attached hydrogen (secondary N) is 1. The Morgan fingerprint density at radius 3 is 2.94 bits per heavy atom. The average molecular weight is 234 g/mol. The summed E-state index contributed by atoms with van der Waals surface area (Å²) < 4.78 is 5.01. The van der Waals surface area contributed by atoms with Crippen LogP contribution in [0.2, 0.25) is 0 Å². The van der Waals surface area contributed by atoms with Crippen LogP contribution in [0, 0.1) is 0 Å². The zero-order chi connectivity index (χ0) is 11.8. The molecule has 0 aromatic carbocycles. The van der Waals surface area contributed by atoms with E-state index in [0.717, 1.165) is 12.8 Å². The van der Waals surface area contributed by atoms with Gasteiger partial charge in [-0.1, -0.05) is 0 Å². The van der Waals surface area contributed by atoms with E-state index in [1.807, 2.05) is 4.90 Å². The van der Waals surface area contributed by atoms with Gasteiger partial charge in [0.1, 0.15) is 0 Å². The second-order valence-electron chi connectivity index (χ2n) is 4.63. The Morgan fingerprint density at radius 1 is 1.47 bits per heavy atom. The Kier molecular flexibility index (Phi) is 2.39. The summed E-state index contributed by atoms with van der Waals surface area (Å²) in [5.41, 5.74) is 0. The van der Waals surface area contributed by atoms with Crippen LogP contribution in [0.5, 0.6) is 0 Å². The SMILES string of the molecule is O=C(NC1CC(=O)N(C2CC2)C1)c1ccco1. The minimum atomic E-state index is -0.245. The van der Waals surface area contributed by atoms with Crippen molar-refractivity contribution >= 4 is 11.8 Å². The maximum absolute atomic E-state index is 11.7. The largest absolute Gasteiger partial charge is 0.459 e. The van der Waals surface area contributed by atoms with E-state index in [1.165, 1.54) is 6.26 Å². The van der Waals surface area contributed by atoms with E-state index in [9.17, 15) is 9.59 Å². The standard InChI is InChI=1S/C12H14N2O3/c15-11-6-8(7-14(11)9-3-4-9)13-12(16)10-2-1-5-17-10/h1-2,5,8-9H,3-4,6-7H2,(H,13,16). The number of hydrogen-bond acceptors (Lipinski definition) is 3. The summed E-state index contributed by atoms with van der Waals surface area (Å²) in [6, 6.07) is 3.63. The summed E-state index contributed by atoms with van der Waals surface area (Å²) in [4.78, 5) is 25.3. The molecule has 0 spiro atoms. The molecule has 1 saturated carbocycles. The van der Waals surface area contributed by atoms with Crippen molar-refractivity contribution in [2.24, 2.45) is 0 Å². The van der Waals surface area contributed by atoms with Crippen LogP contribution in [0.1, 0.15) is 29.8 Å². The molecule has 5 nitrogen and oxygen atoms in total. The molecule has 2 heterocycles. The van der Waals surface area contributed by atoms with Gasteiger partial charge in [0, 0.05) is 19.0 Å². The molecule has 0 radical (unpaired) electrons. The first-order chi connectivity index (χ1) is 8.24. The quantitative estimate of drug-likeness (QED) is 0.840. The van der Waals surface area contributed by atoms with Gasteiger partial charge in [-0.2, -0.15) is 0 Å². The van der Waals surface area contributed by atoms with E-state index in [1.54, 1.807) is 12.1 Å². The van der Waals surface area contributed by atoms with E-state index in [-0.39, 0.29) is 17.9 Å². The third-order valence-electron chi connectivity index (χ3n) is 3.23. The van der Waals surface area contributed by atoms with Crippen LogP contribution in [0.25, 0.3) is 0 Å². The zero-order valence-electron chi connectivity index (χ0n) is 9.39. The number of nitrogens with zero attached hydrogens (tertiary/aromatic N) is 1. The Hall–Kier alpha value is -1.78. The molecule has 1 aromatic rings. The Morgan fingerprint density at radius 2 is 2.29 bits per heavy atom. The predicted octanol–water partition coefficient (Wildman–Crippen LogP) is 0.773. The van der Waals surface area contributed by atoms with Crippen LogP contribution in [0.4, 0.5) is 0 Å². The molecular weight excluding hydrogens is 220 g/mol. The number of likely N-dealkylation sites (tertiary alicyclic amines) is 1. The summed E-state index contributed by atoms with van der Waals surface area (Å²) in [5.74, 6) is 0.199.